The molecule has 2 aromatic carbocycles. The third-order valence-corrected chi connectivity index (χ3v) is 3.43. The van der Waals surface area contributed by atoms with Gasteiger partial charge in [0.25, 0.3) is 11.6 Å². The van der Waals surface area contributed by atoms with E-state index in [0.717, 1.165) is 3.57 Å². The molecule has 0 bridgehead atoms. The summed E-state index contributed by atoms with van der Waals surface area (Å²) in [4.78, 5) is 22.4. The third-order valence-electron chi connectivity index (χ3n) is 2.71. The van der Waals surface area contributed by atoms with Crippen LogP contribution in [-0.4, -0.2) is 10.8 Å². The zero-order valence-corrected chi connectivity index (χ0v) is 12.8. The van der Waals surface area contributed by atoms with Gasteiger partial charge in [0.1, 0.15) is 5.69 Å². The molecule has 0 saturated carbocycles. The van der Waals surface area contributed by atoms with Crippen LogP contribution in [0.3, 0.4) is 0 Å². The number of nitrogens with zero attached hydrogens (tertiary/aromatic N) is 1. The second-order valence-electron chi connectivity index (χ2n) is 4.09. The molecule has 0 heterocycles. The molecule has 0 saturated heterocycles. The molecule has 0 aliphatic rings. The Morgan fingerprint density at radius 1 is 1.19 bits per heavy atom. The molecule has 0 atom stereocenters. The zero-order valence-electron chi connectivity index (χ0n) is 10.7. The molecule has 108 valence electrons. The Morgan fingerprint density at radius 2 is 1.86 bits per heavy atom. The van der Waals surface area contributed by atoms with Crippen LogP contribution in [0.2, 0.25) is 0 Å². The first-order valence-electron chi connectivity index (χ1n) is 5.83. The molecule has 0 spiro atoms. The summed E-state index contributed by atoms with van der Waals surface area (Å²) < 4.78 is 1.04. The number of anilines is 2. The van der Waals surface area contributed by atoms with Crippen molar-refractivity contribution < 1.29 is 9.72 Å². The van der Waals surface area contributed by atoms with Crippen LogP contribution in [0.1, 0.15) is 10.4 Å². The maximum absolute atomic E-state index is 12.1. The van der Waals surface area contributed by atoms with Crippen LogP contribution in [0.15, 0.2) is 42.5 Å². The number of halogens is 1. The minimum Gasteiger partial charge on any atom is -0.322 e. The number of hydrogen-bond acceptors (Lipinski definition) is 5. The second-order valence-corrected chi connectivity index (χ2v) is 5.34. The number of carbonyl (C=O) groups excluding carboxylic acids is 1. The maximum Gasteiger partial charge on any atom is 0.294 e. The molecule has 8 heteroatoms. The lowest BCUT2D eigenvalue weighted by molar-refractivity contribution is -0.384. The van der Waals surface area contributed by atoms with Crippen LogP contribution in [-0.2, 0) is 0 Å². The highest BCUT2D eigenvalue weighted by Gasteiger charge is 2.17. The average Bonchev–Trinajstić information content (AvgIpc) is 2.48. The van der Waals surface area contributed by atoms with Gasteiger partial charge in [0, 0.05) is 20.9 Å². The largest absolute Gasteiger partial charge is 0.322 e. The fourth-order valence-electron chi connectivity index (χ4n) is 1.68. The highest BCUT2D eigenvalue weighted by Crippen LogP contribution is 2.25. The van der Waals surface area contributed by atoms with Gasteiger partial charge in [0.05, 0.1) is 4.92 Å². The van der Waals surface area contributed by atoms with Gasteiger partial charge in [-0.3, -0.25) is 20.8 Å². The summed E-state index contributed by atoms with van der Waals surface area (Å²) in [6, 6.07) is 11.2. The third kappa shape index (κ3) is 3.67. The lowest BCUT2D eigenvalue weighted by Gasteiger charge is -2.07. The number of nitro benzene ring substituents is 1. The first-order chi connectivity index (χ1) is 10.0. The van der Waals surface area contributed by atoms with E-state index in [1.54, 1.807) is 12.1 Å². The van der Waals surface area contributed by atoms with Crippen molar-refractivity contribution in [2.24, 2.45) is 5.84 Å². The smallest absolute Gasteiger partial charge is 0.294 e. The highest BCUT2D eigenvalue weighted by molar-refractivity contribution is 14.1. The zero-order chi connectivity index (χ0) is 15.4. The van der Waals surface area contributed by atoms with Gasteiger partial charge >= 0.3 is 0 Å². The first kappa shape index (κ1) is 15.2. The molecule has 0 radical (unpaired) electrons. The van der Waals surface area contributed by atoms with Crippen molar-refractivity contribution in [3.63, 3.8) is 0 Å². The molecule has 0 aromatic heterocycles. The number of nitrogen functional groups attached to an aromatic ring is 1. The van der Waals surface area contributed by atoms with E-state index < -0.39 is 10.8 Å². The Bertz CT molecular complexity index is 688. The van der Waals surface area contributed by atoms with E-state index in [1.165, 1.54) is 18.2 Å². The van der Waals surface area contributed by atoms with Gasteiger partial charge in [0.2, 0.25) is 0 Å². The summed E-state index contributed by atoms with van der Waals surface area (Å²) in [6.07, 6.45) is 0. The summed E-state index contributed by atoms with van der Waals surface area (Å²) in [5.41, 5.74) is 2.91. The topological polar surface area (TPSA) is 110 Å². The molecular weight excluding hydrogens is 387 g/mol. The number of benzene rings is 2. The molecule has 21 heavy (non-hydrogen) atoms. The summed E-state index contributed by atoms with van der Waals surface area (Å²) >= 11 is 2.15. The van der Waals surface area contributed by atoms with Crippen molar-refractivity contribution in [2.45, 2.75) is 0 Å². The quantitative estimate of drug-likeness (QED) is 0.318. The van der Waals surface area contributed by atoms with Crippen LogP contribution < -0.4 is 16.6 Å². The van der Waals surface area contributed by atoms with Gasteiger partial charge in [0.15, 0.2) is 0 Å². The summed E-state index contributed by atoms with van der Waals surface area (Å²) in [5.74, 6) is 4.77. The normalized spacial score (nSPS) is 10.0. The monoisotopic (exact) mass is 398 g/mol. The Hall–Kier alpha value is -2.20. The van der Waals surface area contributed by atoms with Crippen LogP contribution in [0.5, 0.6) is 0 Å². The Kier molecular flexibility index (Phi) is 4.70. The Labute approximate surface area is 133 Å². The minimum absolute atomic E-state index is 0.144. The molecule has 4 N–H and O–H groups in total. The summed E-state index contributed by atoms with van der Waals surface area (Å²) in [6.45, 7) is 0. The Balaban J connectivity index is 2.25. The van der Waals surface area contributed by atoms with Gasteiger partial charge in [-0.15, -0.1) is 0 Å². The number of rotatable bonds is 4. The van der Waals surface area contributed by atoms with Crippen molar-refractivity contribution in [2.75, 3.05) is 10.7 Å². The van der Waals surface area contributed by atoms with Gasteiger partial charge in [-0.2, -0.15) is 0 Å². The van der Waals surface area contributed by atoms with Gasteiger partial charge in [-0.05, 0) is 59.0 Å². The fraction of sp³-hybridized carbons (Fsp3) is 0. The van der Waals surface area contributed by atoms with Gasteiger partial charge in [-0.25, -0.2) is 0 Å². The molecular formula is C13H11IN4O3. The highest BCUT2D eigenvalue weighted by atomic mass is 127. The maximum atomic E-state index is 12.1. The lowest BCUT2D eigenvalue weighted by Crippen LogP contribution is -2.14. The van der Waals surface area contributed by atoms with Crippen LogP contribution in [0.4, 0.5) is 17.1 Å². The number of nitro groups is 1. The number of carbonyl (C=O) groups is 1. The lowest BCUT2D eigenvalue weighted by atomic mass is 10.1. The van der Waals surface area contributed by atoms with E-state index >= 15 is 0 Å². The van der Waals surface area contributed by atoms with E-state index in [4.69, 9.17) is 5.84 Å². The molecule has 2 rings (SSSR count). The number of nitrogens with one attached hydrogen (secondary N) is 2. The molecule has 7 nitrogen and oxygen atoms in total. The van der Waals surface area contributed by atoms with Gasteiger partial charge < -0.3 is 10.7 Å². The SMILES string of the molecule is NNc1ccc(C(=O)Nc2ccc(I)cc2)cc1[N+](=O)[O-]. The summed E-state index contributed by atoms with van der Waals surface area (Å²) in [5, 5.41) is 13.6. The standard InChI is InChI=1S/C13H11IN4O3/c14-9-2-4-10(5-3-9)16-13(19)8-1-6-11(17-15)12(7-8)18(20)21/h1-7,17H,15H2,(H,16,19). The molecule has 0 aliphatic heterocycles. The van der Waals surface area contributed by atoms with Crippen LogP contribution in [0.25, 0.3) is 0 Å². The van der Waals surface area contributed by atoms with Crippen LogP contribution in [0, 0.1) is 13.7 Å². The van der Waals surface area contributed by atoms with E-state index in [1.807, 2.05) is 12.1 Å². The number of hydrogen-bond donors (Lipinski definition) is 3. The number of amides is 1. The second kappa shape index (κ2) is 6.50. The predicted octanol–water partition coefficient (Wildman–Crippen LogP) is 2.74. The van der Waals surface area contributed by atoms with Crippen molar-refractivity contribution in [1.29, 1.82) is 0 Å². The summed E-state index contributed by atoms with van der Waals surface area (Å²) in [7, 11) is 0. The first-order valence-corrected chi connectivity index (χ1v) is 6.91. The Morgan fingerprint density at radius 3 is 2.43 bits per heavy atom. The van der Waals surface area contributed by atoms with Crippen molar-refractivity contribution in [3.8, 4) is 0 Å². The molecule has 2 aromatic rings. The van der Waals surface area contributed by atoms with Crippen LogP contribution >= 0.6 is 22.6 Å². The van der Waals surface area contributed by atoms with Gasteiger partial charge in [-0.1, -0.05) is 0 Å². The molecule has 1 amide bonds. The number of hydrazine groups is 1. The van der Waals surface area contributed by atoms with Crippen molar-refractivity contribution >= 4 is 45.6 Å². The van der Waals surface area contributed by atoms with E-state index in [9.17, 15) is 14.9 Å². The molecule has 0 fully saturated rings. The number of nitrogens with two attached hydrogens (primary N) is 1. The minimum atomic E-state index is -0.600. The molecule has 0 aliphatic carbocycles. The van der Waals surface area contributed by atoms with E-state index in [-0.39, 0.29) is 16.9 Å². The van der Waals surface area contributed by atoms with E-state index in [2.05, 4.69) is 33.3 Å². The average molecular weight is 398 g/mol. The fourth-order valence-corrected chi connectivity index (χ4v) is 2.04. The molecule has 0 unspecified atom stereocenters. The van der Waals surface area contributed by atoms with Crippen molar-refractivity contribution in [3.05, 3.63) is 61.7 Å². The van der Waals surface area contributed by atoms with Crippen molar-refractivity contribution in [1.82, 2.24) is 0 Å². The predicted molar refractivity (Wildman–Crippen MR) is 88.0 cm³/mol. The van der Waals surface area contributed by atoms with E-state index in [0.29, 0.717) is 5.69 Å².